The minimum Gasteiger partial charge on any atom is -0.507 e. The summed E-state index contributed by atoms with van der Waals surface area (Å²) in [5.41, 5.74) is 3.24. The van der Waals surface area contributed by atoms with Crippen molar-refractivity contribution in [3.05, 3.63) is 82.9 Å². The molecule has 1 aliphatic rings. The molecule has 0 radical (unpaired) electrons. The van der Waals surface area contributed by atoms with Crippen molar-refractivity contribution in [2.45, 2.75) is 33.7 Å². The molecule has 1 saturated heterocycles. The summed E-state index contributed by atoms with van der Waals surface area (Å²) >= 11 is 0. The summed E-state index contributed by atoms with van der Waals surface area (Å²) in [4.78, 5) is 30.2. The number of carbonyl (C=O) groups is 2. The standard InChI is InChI=1S/C28H34N2O4/c1-6-17-34-22-13-11-21(12-14-22)25-24(26(31)23-18-19(4)9-10-20(23)5)27(32)28(33)30(25)16-15-29(7-2)8-3/h6,9-14,18,25,31H,1,7-8,15-17H2,2-5H3/b26-24+. The number of hydrogen-bond acceptors (Lipinski definition) is 5. The lowest BCUT2D eigenvalue weighted by atomic mass is 9.93. The van der Waals surface area contributed by atoms with Crippen LogP contribution in [0.25, 0.3) is 5.76 Å². The highest BCUT2D eigenvalue weighted by atomic mass is 16.5. The maximum atomic E-state index is 13.2. The second-order valence-corrected chi connectivity index (χ2v) is 8.51. The highest BCUT2D eigenvalue weighted by Gasteiger charge is 2.46. The normalized spacial score (nSPS) is 17.4. The van der Waals surface area contributed by atoms with Gasteiger partial charge in [-0.05, 0) is 56.3 Å². The molecule has 180 valence electrons. The van der Waals surface area contributed by atoms with Gasteiger partial charge in [0.25, 0.3) is 11.7 Å². The molecule has 34 heavy (non-hydrogen) atoms. The number of rotatable bonds is 10. The monoisotopic (exact) mass is 462 g/mol. The molecule has 6 heteroatoms. The Morgan fingerprint density at radius 2 is 1.79 bits per heavy atom. The van der Waals surface area contributed by atoms with Gasteiger partial charge in [-0.3, -0.25) is 9.59 Å². The van der Waals surface area contributed by atoms with Crippen molar-refractivity contribution in [2.24, 2.45) is 0 Å². The Hall–Kier alpha value is -3.38. The molecule has 0 bridgehead atoms. The third-order valence-corrected chi connectivity index (χ3v) is 6.30. The number of likely N-dealkylation sites (N-methyl/N-ethyl adjacent to an activating group) is 1. The first-order valence-electron chi connectivity index (χ1n) is 11.7. The van der Waals surface area contributed by atoms with E-state index < -0.39 is 17.7 Å². The highest BCUT2D eigenvalue weighted by Crippen LogP contribution is 2.40. The minimum absolute atomic E-state index is 0.123. The molecule has 1 unspecified atom stereocenters. The molecular formula is C28H34N2O4. The number of ether oxygens (including phenoxy) is 1. The van der Waals surface area contributed by atoms with Crippen LogP contribution in [0.1, 0.15) is 42.1 Å². The fourth-order valence-electron chi connectivity index (χ4n) is 4.28. The minimum atomic E-state index is -0.677. The molecule has 1 N–H and O–H groups in total. The summed E-state index contributed by atoms with van der Waals surface area (Å²) in [5.74, 6) is -0.717. The van der Waals surface area contributed by atoms with Crippen LogP contribution < -0.4 is 4.74 Å². The summed E-state index contributed by atoms with van der Waals surface area (Å²) in [6.07, 6.45) is 1.67. The van der Waals surface area contributed by atoms with E-state index in [-0.39, 0.29) is 11.3 Å². The van der Waals surface area contributed by atoms with Gasteiger partial charge in [-0.25, -0.2) is 0 Å². The number of aliphatic hydroxyl groups excluding tert-OH is 1. The third kappa shape index (κ3) is 5.23. The first-order chi connectivity index (χ1) is 16.3. The zero-order chi connectivity index (χ0) is 24.8. The van der Waals surface area contributed by atoms with Crippen molar-refractivity contribution in [2.75, 3.05) is 32.8 Å². The van der Waals surface area contributed by atoms with Gasteiger partial charge in [0.2, 0.25) is 0 Å². The van der Waals surface area contributed by atoms with Crippen LogP contribution in [-0.4, -0.2) is 59.4 Å². The van der Waals surface area contributed by atoms with Crippen molar-refractivity contribution in [1.29, 1.82) is 0 Å². The van der Waals surface area contributed by atoms with Crippen LogP contribution in [-0.2, 0) is 9.59 Å². The van der Waals surface area contributed by atoms with Crippen LogP contribution in [0.2, 0.25) is 0 Å². The lowest BCUT2D eigenvalue weighted by Crippen LogP contribution is -2.38. The first-order valence-corrected chi connectivity index (χ1v) is 11.7. The fourth-order valence-corrected chi connectivity index (χ4v) is 4.28. The summed E-state index contributed by atoms with van der Waals surface area (Å²) in [5, 5.41) is 11.3. The van der Waals surface area contributed by atoms with Gasteiger partial charge < -0.3 is 19.6 Å². The van der Waals surface area contributed by atoms with Crippen LogP contribution >= 0.6 is 0 Å². The molecule has 1 fully saturated rings. The van der Waals surface area contributed by atoms with E-state index in [1.165, 1.54) is 0 Å². The molecule has 0 spiro atoms. The summed E-state index contributed by atoms with van der Waals surface area (Å²) in [7, 11) is 0. The average molecular weight is 463 g/mol. The van der Waals surface area contributed by atoms with Crippen LogP contribution in [0, 0.1) is 13.8 Å². The molecule has 3 rings (SSSR count). The number of hydrogen-bond donors (Lipinski definition) is 1. The number of likely N-dealkylation sites (tertiary alicyclic amines) is 1. The Morgan fingerprint density at radius 3 is 2.41 bits per heavy atom. The smallest absolute Gasteiger partial charge is 0.295 e. The Kier molecular flexibility index (Phi) is 8.29. The highest BCUT2D eigenvalue weighted by molar-refractivity contribution is 6.46. The van der Waals surface area contributed by atoms with Gasteiger partial charge in [-0.15, -0.1) is 0 Å². The van der Waals surface area contributed by atoms with Crippen LogP contribution in [0.4, 0.5) is 0 Å². The summed E-state index contributed by atoms with van der Waals surface area (Å²) in [6, 6.07) is 12.3. The average Bonchev–Trinajstić information content (AvgIpc) is 3.09. The maximum Gasteiger partial charge on any atom is 0.295 e. The molecule has 0 saturated carbocycles. The van der Waals surface area contributed by atoms with E-state index in [0.29, 0.717) is 31.0 Å². The number of ketones is 1. The zero-order valence-corrected chi connectivity index (χ0v) is 20.5. The Labute approximate surface area is 202 Å². The fraction of sp³-hybridized carbons (Fsp3) is 0.357. The third-order valence-electron chi connectivity index (χ3n) is 6.30. The second-order valence-electron chi connectivity index (χ2n) is 8.51. The van der Waals surface area contributed by atoms with Crippen molar-refractivity contribution < 1.29 is 19.4 Å². The van der Waals surface area contributed by atoms with Gasteiger partial charge in [0, 0.05) is 18.7 Å². The van der Waals surface area contributed by atoms with Crippen molar-refractivity contribution >= 4 is 17.4 Å². The molecule has 0 aliphatic carbocycles. The Bertz CT molecular complexity index is 1080. The molecule has 1 heterocycles. The van der Waals surface area contributed by atoms with Crippen LogP contribution in [0.3, 0.4) is 0 Å². The molecule has 1 amide bonds. The summed E-state index contributed by atoms with van der Waals surface area (Å²) < 4.78 is 5.59. The van der Waals surface area contributed by atoms with Crippen molar-refractivity contribution in [3.8, 4) is 5.75 Å². The van der Waals surface area contributed by atoms with E-state index in [1.54, 1.807) is 23.1 Å². The molecule has 1 aliphatic heterocycles. The van der Waals surface area contributed by atoms with Gasteiger partial charge in [0.05, 0.1) is 11.6 Å². The number of aliphatic hydroxyl groups is 1. The van der Waals surface area contributed by atoms with E-state index in [2.05, 4.69) is 25.3 Å². The predicted molar refractivity (Wildman–Crippen MR) is 135 cm³/mol. The lowest BCUT2D eigenvalue weighted by Gasteiger charge is -2.28. The van der Waals surface area contributed by atoms with Crippen LogP contribution in [0.5, 0.6) is 5.75 Å². The summed E-state index contributed by atoms with van der Waals surface area (Å²) in [6.45, 7) is 14.7. The molecule has 1 atom stereocenters. The molecular weight excluding hydrogens is 428 g/mol. The Balaban J connectivity index is 2.10. The number of aryl methyl sites for hydroxylation is 2. The van der Waals surface area contributed by atoms with Crippen LogP contribution in [0.15, 0.2) is 60.7 Å². The van der Waals surface area contributed by atoms with Gasteiger partial charge >= 0.3 is 0 Å². The SMILES string of the molecule is C=CCOc1ccc(C2/C(=C(\O)c3cc(C)ccc3C)C(=O)C(=O)N2CCN(CC)CC)cc1. The van der Waals surface area contributed by atoms with Crippen molar-refractivity contribution in [3.63, 3.8) is 0 Å². The van der Waals surface area contributed by atoms with E-state index in [4.69, 9.17) is 4.74 Å². The predicted octanol–water partition coefficient (Wildman–Crippen LogP) is 4.63. The van der Waals surface area contributed by atoms with Gasteiger partial charge in [0.15, 0.2) is 0 Å². The number of Topliss-reactive ketones (excluding diaryl/α,β-unsaturated/α-hetero) is 1. The van der Waals surface area contributed by atoms with Gasteiger partial charge in [0.1, 0.15) is 18.1 Å². The molecule has 2 aromatic rings. The zero-order valence-electron chi connectivity index (χ0n) is 20.5. The maximum absolute atomic E-state index is 13.2. The number of carbonyl (C=O) groups excluding carboxylic acids is 2. The quantitative estimate of drug-likeness (QED) is 0.241. The van der Waals surface area contributed by atoms with E-state index >= 15 is 0 Å². The first kappa shape index (κ1) is 25.2. The number of benzene rings is 2. The molecule has 2 aromatic carbocycles. The van der Waals surface area contributed by atoms with Crippen molar-refractivity contribution in [1.82, 2.24) is 9.80 Å². The largest absolute Gasteiger partial charge is 0.507 e. The lowest BCUT2D eigenvalue weighted by molar-refractivity contribution is -0.140. The molecule has 0 aromatic heterocycles. The van der Waals surface area contributed by atoms with Gasteiger partial charge in [-0.1, -0.05) is 56.3 Å². The number of nitrogens with zero attached hydrogens (tertiary/aromatic N) is 2. The van der Waals surface area contributed by atoms with E-state index in [9.17, 15) is 14.7 Å². The molecule has 6 nitrogen and oxygen atoms in total. The van der Waals surface area contributed by atoms with Gasteiger partial charge in [-0.2, -0.15) is 0 Å². The number of amides is 1. The Morgan fingerprint density at radius 1 is 1.12 bits per heavy atom. The van der Waals surface area contributed by atoms with E-state index in [1.807, 2.05) is 44.2 Å². The second kappa shape index (κ2) is 11.2. The van der Waals surface area contributed by atoms with E-state index in [0.717, 1.165) is 29.8 Å². The topological polar surface area (TPSA) is 70.1 Å².